The lowest BCUT2D eigenvalue weighted by Crippen LogP contribution is -2.32. The summed E-state index contributed by atoms with van der Waals surface area (Å²) in [5.41, 5.74) is 8.22. The van der Waals surface area contributed by atoms with Crippen LogP contribution in [0.3, 0.4) is 0 Å². The van der Waals surface area contributed by atoms with Crippen LogP contribution < -0.4 is 20.3 Å². The van der Waals surface area contributed by atoms with Crippen LogP contribution in [0.25, 0.3) is 10.8 Å². The monoisotopic (exact) mass is 857 g/mol. The molecule has 0 saturated carbocycles. The fourth-order valence-corrected chi connectivity index (χ4v) is 6.92. The van der Waals surface area contributed by atoms with Crippen molar-refractivity contribution in [3.05, 3.63) is 119 Å². The minimum Gasteiger partial charge on any atom is -0.506 e. The Morgan fingerprint density at radius 3 is 2.00 bits per heavy atom. The van der Waals surface area contributed by atoms with Gasteiger partial charge < -0.3 is 25.1 Å². The number of hydrogen-bond donors (Lipinski definition) is 2. The number of fused-ring (bicyclic) bond motifs is 1. The van der Waals surface area contributed by atoms with Crippen LogP contribution in [0.1, 0.15) is 115 Å². The van der Waals surface area contributed by atoms with Crippen molar-refractivity contribution in [2.45, 2.75) is 84.7 Å². The van der Waals surface area contributed by atoms with Gasteiger partial charge >= 0.3 is 18.2 Å². The van der Waals surface area contributed by atoms with Crippen molar-refractivity contribution in [2.24, 2.45) is 16.0 Å². The Kier molecular flexibility index (Phi) is 17.7. The van der Waals surface area contributed by atoms with E-state index < -0.39 is 18.1 Å². The summed E-state index contributed by atoms with van der Waals surface area (Å²) in [7, 11) is 1.51. The summed E-state index contributed by atoms with van der Waals surface area (Å²) in [6.45, 7) is 4.47. The molecule has 0 saturated heterocycles. The highest BCUT2D eigenvalue weighted by Crippen LogP contribution is 2.35. The topological polar surface area (TPSA) is 190 Å². The van der Waals surface area contributed by atoms with E-state index in [-0.39, 0.29) is 41.7 Å². The number of esters is 1. The molecule has 0 aliphatic rings. The van der Waals surface area contributed by atoms with E-state index in [4.69, 9.17) is 19.9 Å². The fourth-order valence-electron chi connectivity index (χ4n) is 6.92. The van der Waals surface area contributed by atoms with E-state index in [2.05, 4.69) is 17.2 Å². The maximum Gasteiger partial charge on any atom is 0.419 e. The largest absolute Gasteiger partial charge is 0.506 e. The zero-order valence-corrected chi connectivity index (χ0v) is 36.1. The first-order chi connectivity index (χ1) is 30.5. The summed E-state index contributed by atoms with van der Waals surface area (Å²) < 4.78 is 16.6. The highest BCUT2D eigenvalue weighted by atomic mass is 16.6. The number of carbonyl (C=O) groups is 5. The molecular weight excluding hydrogens is 803 g/mol. The first-order valence-electron chi connectivity index (χ1n) is 21.4. The second-order valence-electron chi connectivity index (χ2n) is 15.0. The third-order valence-electron chi connectivity index (χ3n) is 10.5. The molecule has 0 atom stereocenters. The summed E-state index contributed by atoms with van der Waals surface area (Å²) in [6.07, 6.45) is 11.3. The van der Waals surface area contributed by atoms with Gasteiger partial charge in [0.1, 0.15) is 18.1 Å². The molecule has 0 aliphatic heterocycles. The SMILES string of the molecule is CCCCCCCCCCCCOC(=O)c1ccc(N=Nc2ccc(N(CC)C(=O)OCc3ccc(OC(=O)N(C)c4cccc5c(O)c(C(N)=O)ccc45)cc3)c(C=O)c2)cc1. The molecule has 5 aromatic carbocycles. The Morgan fingerprint density at radius 2 is 1.35 bits per heavy atom. The molecule has 3 amide bonds. The number of unbranched alkanes of at least 4 members (excludes halogenated alkanes) is 9. The number of aldehydes is 1. The average Bonchev–Trinajstić information content (AvgIpc) is 3.30. The molecule has 63 heavy (non-hydrogen) atoms. The van der Waals surface area contributed by atoms with Crippen molar-refractivity contribution < 1.29 is 43.3 Å². The number of carbonyl (C=O) groups excluding carboxylic acids is 5. The van der Waals surface area contributed by atoms with E-state index in [1.165, 1.54) is 73.9 Å². The number of hydrogen-bond acceptors (Lipinski definition) is 11. The Balaban J connectivity index is 1.09. The van der Waals surface area contributed by atoms with Crippen molar-refractivity contribution in [3.63, 3.8) is 0 Å². The van der Waals surface area contributed by atoms with E-state index in [1.54, 1.807) is 91.9 Å². The maximum atomic E-state index is 13.2. The molecule has 0 bridgehead atoms. The van der Waals surface area contributed by atoms with Crippen LogP contribution in [0.5, 0.6) is 11.5 Å². The summed E-state index contributed by atoms with van der Waals surface area (Å²) in [5, 5.41) is 19.9. The molecule has 0 heterocycles. The average molecular weight is 858 g/mol. The summed E-state index contributed by atoms with van der Waals surface area (Å²) in [5.74, 6) is -1.21. The predicted molar refractivity (Wildman–Crippen MR) is 243 cm³/mol. The standard InChI is InChI=1S/C49H55N5O9/c1-4-6-7-8-9-10-11-12-13-14-30-61-47(58)35-20-22-37(23-21-35)51-52-38-24-29-43(36(31-38)32-55)54(5-2)49(60)62-33-34-18-25-39(26-19-34)63-48(59)53(3)44-17-15-16-41-40(44)27-28-42(45(41)56)46(50)57/h15-29,31-32,56H,4-14,30,33H2,1-3H3,(H2,50,57). The molecule has 0 fully saturated rings. The number of azo groups is 1. The van der Waals surface area contributed by atoms with Crippen molar-refractivity contribution >= 4 is 63.9 Å². The van der Waals surface area contributed by atoms with Gasteiger partial charge in [0.05, 0.1) is 40.5 Å². The van der Waals surface area contributed by atoms with Crippen molar-refractivity contribution in [2.75, 3.05) is 30.0 Å². The molecule has 0 unspecified atom stereocenters. The van der Waals surface area contributed by atoms with E-state index in [1.807, 2.05) is 0 Å². The van der Waals surface area contributed by atoms with Gasteiger partial charge in [-0.3, -0.25) is 19.4 Å². The van der Waals surface area contributed by atoms with Gasteiger partial charge in [0.2, 0.25) is 0 Å². The van der Waals surface area contributed by atoms with Crippen molar-refractivity contribution in [1.29, 1.82) is 0 Å². The first-order valence-corrected chi connectivity index (χ1v) is 21.4. The van der Waals surface area contributed by atoms with E-state index in [0.717, 1.165) is 19.3 Å². The van der Waals surface area contributed by atoms with Crippen LogP contribution in [0, 0.1) is 0 Å². The molecule has 3 N–H and O–H groups in total. The molecule has 14 heteroatoms. The third-order valence-corrected chi connectivity index (χ3v) is 10.5. The number of primary amides is 1. The Hall–Kier alpha value is -7.09. The van der Waals surface area contributed by atoms with Crippen molar-refractivity contribution in [1.82, 2.24) is 0 Å². The van der Waals surface area contributed by atoms with Gasteiger partial charge in [-0.15, -0.1) is 0 Å². The smallest absolute Gasteiger partial charge is 0.419 e. The third kappa shape index (κ3) is 13.2. The lowest BCUT2D eigenvalue weighted by molar-refractivity contribution is 0.0497. The molecule has 14 nitrogen and oxygen atoms in total. The molecular formula is C49H55N5O9. The van der Waals surface area contributed by atoms with Crippen LogP contribution in [-0.2, 0) is 16.1 Å². The zero-order chi connectivity index (χ0) is 45.1. The number of anilines is 2. The molecule has 0 aliphatic carbocycles. The van der Waals surface area contributed by atoms with Crippen LogP contribution in [0.15, 0.2) is 107 Å². The molecule has 0 aromatic heterocycles. The first kappa shape index (κ1) is 47.0. The summed E-state index contributed by atoms with van der Waals surface area (Å²) in [6, 6.07) is 25.6. The number of nitrogens with two attached hydrogens (primary N) is 1. The van der Waals surface area contributed by atoms with E-state index in [0.29, 0.717) is 57.5 Å². The molecule has 5 rings (SSSR count). The highest BCUT2D eigenvalue weighted by Gasteiger charge is 2.21. The van der Waals surface area contributed by atoms with Gasteiger partial charge in [0.15, 0.2) is 6.29 Å². The van der Waals surface area contributed by atoms with Crippen LogP contribution in [0.4, 0.5) is 32.3 Å². The lowest BCUT2D eigenvalue weighted by atomic mass is 10.0. The summed E-state index contributed by atoms with van der Waals surface area (Å²) >= 11 is 0. The minimum absolute atomic E-state index is 0.0345. The van der Waals surface area contributed by atoms with Gasteiger partial charge in [0.25, 0.3) is 5.91 Å². The van der Waals surface area contributed by atoms with E-state index in [9.17, 15) is 29.1 Å². The van der Waals surface area contributed by atoms with Gasteiger partial charge in [0, 0.05) is 29.9 Å². The predicted octanol–water partition coefficient (Wildman–Crippen LogP) is 11.7. The second-order valence-corrected chi connectivity index (χ2v) is 15.0. The lowest BCUT2D eigenvalue weighted by Gasteiger charge is -2.22. The van der Waals surface area contributed by atoms with Gasteiger partial charge in [-0.1, -0.05) is 95.0 Å². The van der Waals surface area contributed by atoms with Gasteiger partial charge in [-0.25, -0.2) is 14.4 Å². The Morgan fingerprint density at radius 1 is 0.698 bits per heavy atom. The highest BCUT2D eigenvalue weighted by molar-refractivity contribution is 6.08. The van der Waals surface area contributed by atoms with Crippen LogP contribution in [0.2, 0.25) is 0 Å². The fraction of sp³-hybridized carbons (Fsp3) is 0.327. The number of benzene rings is 5. The molecule has 5 aromatic rings. The number of aromatic hydroxyl groups is 1. The number of ether oxygens (including phenoxy) is 3. The number of nitrogens with zero attached hydrogens (tertiary/aromatic N) is 4. The number of rotatable bonds is 22. The normalized spacial score (nSPS) is 11.0. The maximum absolute atomic E-state index is 13.2. The summed E-state index contributed by atoms with van der Waals surface area (Å²) in [4.78, 5) is 65.3. The number of amides is 3. The van der Waals surface area contributed by atoms with Gasteiger partial charge in [-0.2, -0.15) is 10.2 Å². The van der Waals surface area contributed by atoms with Crippen LogP contribution in [-0.4, -0.2) is 55.7 Å². The molecule has 0 spiro atoms. The zero-order valence-electron chi connectivity index (χ0n) is 36.1. The van der Waals surface area contributed by atoms with Crippen molar-refractivity contribution in [3.8, 4) is 11.5 Å². The van der Waals surface area contributed by atoms with E-state index >= 15 is 0 Å². The quantitative estimate of drug-likeness (QED) is 0.0295. The second kappa shape index (κ2) is 23.8. The molecule has 0 radical (unpaired) electrons. The van der Waals surface area contributed by atoms with Crippen LogP contribution >= 0.6 is 0 Å². The Labute approximate surface area is 367 Å². The number of phenols is 1. The van der Waals surface area contributed by atoms with Gasteiger partial charge in [-0.05, 0) is 85.6 Å². The minimum atomic E-state index is -0.776. The Bertz CT molecular complexity index is 2380. The molecule has 330 valence electrons.